The molecule has 0 aliphatic heterocycles. The molecule has 2 heterocycles. The van der Waals surface area contributed by atoms with E-state index in [2.05, 4.69) is 27.0 Å². The van der Waals surface area contributed by atoms with E-state index < -0.39 is 0 Å². The molecule has 0 unspecified atom stereocenters. The molecule has 6 nitrogen and oxygen atoms in total. The van der Waals surface area contributed by atoms with Crippen molar-refractivity contribution in [3.63, 3.8) is 0 Å². The summed E-state index contributed by atoms with van der Waals surface area (Å²) in [6.45, 7) is 0.115. The van der Waals surface area contributed by atoms with Crippen molar-refractivity contribution >= 4 is 44.0 Å². The second kappa shape index (κ2) is 8.77. The maximum Gasteiger partial charge on any atom is 0.282 e. The molecular formula is C26H16BrN3O3. The first-order chi connectivity index (χ1) is 16.1. The average Bonchev–Trinajstić information content (AvgIpc) is 3.27. The standard InChI is InChI=1S/C26H16BrN3O3/c1-2-13-32-22-12-11-19(27)14-18(22)16-28-30-25(24-15-17-7-3-6-10-23(17)33-24)29-21-9-5-4-8-20(21)26(30)31/h1,3-12,14-16H,13H2. The number of furan rings is 1. The van der Waals surface area contributed by atoms with Crippen molar-refractivity contribution < 1.29 is 9.15 Å². The SMILES string of the molecule is C#CCOc1ccc(Br)cc1C=Nn1c(-c2cc3ccccc3o2)nc2ccccc2c1=O. The minimum Gasteiger partial charge on any atom is -0.480 e. The minimum absolute atomic E-state index is 0.115. The van der Waals surface area contributed by atoms with Crippen molar-refractivity contribution in [1.29, 1.82) is 0 Å². The largest absolute Gasteiger partial charge is 0.480 e. The lowest BCUT2D eigenvalue weighted by Crippen LogP contribution is -2.20. The molecule has 0 N–H and O–H groups in total. The van der Waals surface area contributed by atoms with Crippen molar-refractivity contribution in [2.24, 2.45) is 5.10 Å². The molecule has 33 heavy (non-hydrogen) atoms. The van der Waals surface area contributed by atoms with Crippen LogP contribution in [0.2, 0.25) is 0 Å². The maximum atomic E-state index is 13.4. The Kier molecular flexibility index (Phi) is 5.51. The second-order valence-electron chi connectivity index (χ2n) is 7.14. The number of para-hydroxylation sites is 2. The molecule has 0 aliphatic carbocycles. The molecule has 0 radical (unpaired) electrons. The molecule has 0 saturated carbocycles. The number of benzene rings is 3. The minimum atomic E-state index is -0.312. The van der Waals surface area contributed by atoms with Crippen molar-refractivity contribution in [3.8, 4) is 29.7 Å². The van der Waals surface area contributed by atoms with E-state index in [0.717, 1.165) is 9.86 Å². The van der Waals surface area contributed by atoms with Gasteiger partial charge in [0.05, 0.1) is 17.1 Å². The smallest absolute Gasteiger partial charge is 0.282 e. The number of fused-ring (bicyclic) bond motifs is 2. The summed E-state index contributed by atoms with van der Waals surface area (Å²) in [6.07, 6.45) is 6.87. The average molecular weight is 498 g/mol. The van der Waals surface area contributed by atoms with E-state index in [-0.39, 0.29) is 12.2 Å². The third-order valence-electron chi connectivity index (χ3n) is 4.99. The van der Waals surface area contributed by atoms with Crippen LogP contribution < -0.4 is 10.3 Å². The third-order valence-corrected chi connectivity index (χ3v) is 5.49. The van der Waals surface area contributed by atoms with E-state index in [1.165, 1.54) is 4.68 Å². The number of nitrogens with zero attached hydrogens (tertiary/aromatic N) is 3. The van der Waals surface area contributed by atoms with Gasteiger partial charge in [0.1, 0.15) is 17.9 Å². The lowest BCUT2D eigenvalue weighted by molar-refractivity contribution is 0.370. The van der Waals surface area contributed by atoms with Gasteiger partial charge in [-0.05, 0) is 42.5 Å². The van der Waals surface area contributed by atoms with Crippen molar-refractivity contribution in [2.45, 2.75) is 0 Å². The monoisotopic (exact) mass is 497 g/mol. The Balaban J connectivity index is 1.70. The van der Waals surface area contributed by atoms with Crippen LogP contribution in [0, 0.1) is 12.3 Å². The van der Waals surface area contributed by atoms with Crippen LogP contribution in [0.15, 0.2) is 91.6 Å². The number of rotatable bonds is 5. The molecular weight excluding hydrogens is 482 g/mol. The molecule has 2 aromatic heterocycles. The molecule has 7 heteroatoms. The number of ether oxygens (including phenoxy) is 1. The molecule has 0 amide bonds. The molecule has 5 rings (SSSR count). The van der Waals surface area contributed by atoms with Crippen LogP contribution in [0.25, 0.3) is 33.5 Å². The fourth-order valence-corrected chi connectivity index (χ4v) is 3.85. The molecule has 5 aromatic rings. The predicted octanol–water partition coefficient (Wildman–Crippen LogP) is 5.47. The Morgan fingerprint density at radius 2 is 1.94 bits per heavy atom. The summed E-state index contributed by atoms with van der Waals surface area (Å²) in [5, 5.41) is 5.84. The number of terminal acetylenes is 1. The second-order valence-corrected chi connectivity index (χ2v) is 8.05. The number of hydrogen-bond acceptors (Lipinski definition) is 5. The predicted molar refractivity (Wildman–Crippen MR) is 133 cm³/mol. The van der Waals surface area contributed by atoms with Gasteiger partial charge in [-0.2, -0.15) is 9.78 Å². The highest BCUT2D eigenvalue weighted by molar-refractivity contribution is 9.10. The van der Waals surface area contributed by atoms with Crippen LogP contribution in [0.4, 0.5) is 0 Å². The van der Waals surface area contributed by atoms with Crippen LogP contribution in [0.5, 0.6) is 5.75 Å². The number of aromatic nitrogens is 2. The van der Waals surface area contributed by atoms with Crippen molar-refractivity contribution in [1.82, 2.24) is 9.66 Å². The van der Waals surface area contributed by atoms with Gasteiger partial charge in [-0.3, -0.25) is 4.79 Å². The Morgan fingerprint density at radius 1 is 1.12 bits per heavy atom. The molecule has 3 aromatic carbocycles. The van der Waals surface area contributed by atoms with E-state index in [0.29, 0.717) is 39.4 Å². The molecule has 0 fully saturated rings. The summed E-state index contributed by atoms with van der Waals surface area (Å²) in [4.78, 5) is 18.1. The van der Waals surface area contributed by atoms with Gasteiger partial charge in [0.15, 0.2) is 5.76 Å². The van der Waals surface area contributed by atoms with E-state index in [4.69, 9.17) is 20.6 Å². The van der Waals surface area contributed by atoms with Crippen LogP contribution >= 0.6 is 15.9 Å². The van der Waals surface area contributed by atoms with Crippen LogP contribution in [0.1, 0.15) is 5.56 Å². The lowest BCUT2D eigenvalue weighted by atomic mass is 10.2. The zero-order chi connectivity index (χ0) is 22.8. The fraction of sp³-hybridized carbons (Fsp3) is 0.0385. The van der Waals surface area contributed by atoms with Gasteiger partial charge >= 0.3 is 0 Å². The van der Waals surface area contributed by atoms with E-state index >= 15 is 0 Å². The van der Waals surface area contributed by atoms with E-state index in [1.807, 2.05) is 48.5 Å². The molecule has 0 saturated heterocycles. The van der Waals surface area contributed by atoms with Gasteiger partial charge in [0.25, 0.3) is 5.56 Å². The summed E-state index contributed by atoms with van der Waals surface area (Å²) >= 11 is 3.46. The molecule has 0 aliphatic rings. The van der Waals surface area contributed by atoms with Gasteiger partial charge in [0, 0.05) is 15.4 Å². The highest BCUT2D eigenvalue weighted by Crippen LogP contribution is 2.27. The summed E-state index contributed by atoms with van der Waals surface area (Å²) < 4.78 is 13.7. The van der Waals surface area contributed by atoms with Gasteiger partial charge in [0.2, 0.25) is 5.82 Å². The zero-order valence-corrected chi connectivity index (χ0v) is 18.8. The maximum absolute atomic E-state index is 13.4. The summed E-state index contributed by atoms with van der Waals surface area (Å²) in [5.41, 5.74) is 1.59. The first-order valence-corrected chi connectivity index (χ1v) is 10.8. The highest BCUT2D eigenvalue weighted by Gasteiger charge is 2.16. The molecule has 0 bridgehead atoms. The normalized spacial score (nSPS) is 11.3. The Labute approximate surface area is 197 Å². The topological polar surface area (TPSA) is 69.6 Å². The Morgan fingerprint density at radius 3 is 2.79 bits per heavy atom. The fourth-order valence-electron chi connectivity index (χ4n) is 3.47. The first kappa shape index (κ1) is 20.7. The van der Waals surface area contributed by atoms with Crippen LogP contribution in [-0.4, -0.2) is 22.5 Å². The van der Waals surface area contributed by atoms with Crippen LogP contribution in [-0.2, 0) is 0 Å². The van der Waals surface area contributed by atoms with Crippen molar-refractivity contribution in [2.75, 3.05) is 6.61 Å². The lowest BCUT2D eigenvalue weighted by Gasteiger charge is -2.09. The summed E-state index contributed by atoms with van der Waals surface area (Å²) in [5.74, 6) is 3.73. The first-order valence-electron chi connectivity index (χ1n) is 10.0. The van der Waals surface area contributed by atoms with Gasteiger partial charge < -0.3 is 9.15 Å². The summed E-state index contributed by atoms with van der Waals surface area (Å²) in [6, 6.07) is 22.0. The van der Waals surface area contributed by atoms with Gasteiger partial charge in [-0.15, -0.1) is 6.42 Å². The molecule has 0 spiro atoms. The molecule has 160 valence electrons. The quantitative estimate of drug-likeness (QED) is 0.238. The Hall–Kier alpha value is -4.15. The van der Waals surface area contributed by atoms with E-state index in [1.54, 1.807) is 30.5 Å². The zero-order valence-electron chi connectivity index (χ0n) is 17.2. The van der Waals surface area contributed by atoms with Crippen LogP contribution in [0.3, 0.4) is 0 Å². The van der Waals surface area contributed by atoms with Gasteiger partial charge in [-0.25, -0.2) is 4.98 Å². The number of halogens is 1. The Bertz CT molecular complexity index is 1590. The third kappa shape index (κ3) is 4.04. The van der Waals surface area contributed by atoms with Gasteiger partial charge in [-0.1, -0.05) is 52.2 Å². The van der Waals surface area contributed by atoms with E-state index in [9.17, 15) is 4.79 Å². The number of hydrogen-bond donors (Lipinski definition) is 0. The van der Waals surface area contributed by atoms with Crippen molar-refractivity contribution in [3.05, 3.63) is 93.2 Å². The highest BCUT2D eigenvalue weighted by atomic mass is 79.9. The molecule has 0 atom stereocenters. The summed E-state index contributed by atoms with van der Waals surface area (Å²) in [7, 11) is 0.